The van der Waals surface area contributed by atoms with E-state index < -0.39 is 46.6 Å². The average Bonchev–Trinajstić information content (AvgIpc) is 3.45. The molecule has 2 amide bonds. The number of ether oxygens (including phenoxy) is 1. The van der Waals surface area contributed by atoms with Gasteiger partial charge in [0.1, 0.15) is 23.5 Å². The standard InChI is InChI=1S/C32H27ClN2O7/c1-18-14-24-21(15-23(18)33)28(36)22(17-42-24)27-25-26(32(34-27,31(39)40)16-19-8-4-2-5-9-19)30(38)35(29(25)37)12-13-41-20-10-6-3-7-11-20/h2-11,14-15,17,25-27,34H,12-13,16H2,1H3,(H,39,40). The summed E-state index contributed by atoms with van der Waals surface area (Å²) < 4.78 is 11.5. The van der Waals surface area contributed by atoms with Crippen molar-refractivity contribution in [2.24, 2.45) is 11.8 Å². The van der Waals surface area contributed by atoms with E-state index in [0.717, 1.165) is 10.5 Å². The maximum atomic E-state index is 13.9. The SMILES string of the molecule is Cc1cc2occ(C3NC(Cc4ccccc4)(C(=O)O)C4C(=O)N(CCOc5ccccc5)C(=O)C34)c(=O)c2cc1Cl. The molecule has 2 fully saturated rings. The molecular weight excluding hydrogens is 560 g/mol. The van der Waals surface area contributed by atoms with Crippen LogP contribution in [-0.4, -0.2) is 46.5 Å². The van der Waals surface area contributed by atoms with Crippen LogP contribution in [0.5, 0.6) is 5.75 Å². The number of carboxylic acid groups (broad SMARTS) is 1. The third-order valence-electron chi connectivity index (χ3n) is 8.20. The minimum Gasteiger partial charge on any atom is -0.492 e. The summed E-state index contributed by atoms with van der Waals surface area (Å²) in [6.45, 7) is 1.73. The zero-order chi connectivity index (χ0) is 29.6. The van der Waals surface area contributed by atoms with Crippen molar-refractivity contribution in [2.75, 3.05) is 13.2 Å². The number of hydrogen-bond donors (Lipinski definition) is 2. The number of carbonyl (C=O) groups is 3. The second-order valence-electron chi connectivity index (χ2n) is 10.7. The molecule has 2 N–H and O–H groups in total. The Morgan fingerprint density at radius 2 is 1.74 bits per heavy atom. The fourth-order valence-corrected chi connectivity index (χ4v) is 6.32. The first-order valence-electron chi connectivity index (χ1n) is 13.5. The largest absolute Gasteiger partial charge is 0.492 e. The Hall–Kier alpha value is -4.47. The summed E-state index contributed by atoms with van der Waals surface area (Å²) in [5.41, 5.74) is -0.589. The molecule has 9 nitrogen and oxygen atoms in total. The third kappa shape index (κ3) is 4.55. The van der Waals surface area contributed by atoms with Crippen molar-refractivity contribution in [3.8, 4) is 5.75 Å². The van der Waals surface area contributed by atoms with E-state index in [4.69, 9.17) is 20.8 Å². The van der Waals surface area contributed by atoms with Crippen molar-refractivity contribution < 1.29 is 28.6 Å². The number of likely N-dealkylation sites (tertiary alicyclic amines) is 1. The summed E-state index contributed by atoms with van der Waals surface area (Å²) in [5, 5.41) is 14.3. The van der Waals surface area contributed by atoms with Gasteiger partial charge in [0.2, 0.25) is 11.8 Å². The van der Waals surface area contributed by atoms with E-state index in [1.54, 1.807) is 67.6 Å². The van der Waals surface area contributed by atoms with E-state index in [2.05, 4.69) is 5.32 Å². The summed E-state index contributed by atoms with van der Waals surface area (Å²) in [6.07, 6.45) is 1.16. The molecule has 6 rings (SSSR count). The highest BCUT2D eigenvalue weighted by atomic mass is 35.5. The van der Waals surface area contributed by atoms with Crippen LogP contribution in [0.1, 0.15) is 22.7 Å². The number of hydrogen-bond acceptors (Lipinski definition) is 7. The zero-order valence-electron chi connectivity index (χ0n) is 22.6. The molecule has 3 heterocycles. The van der Waals surface area contributed by atoms with Gasteiger partial charge in [-0.2, -0.15) is 0 Å². The van der Waals surface area contributed by atoms with E-state index >= 15 is 0 Å². The minimum absolute atomic E-state index is 0.0216. The lowest BCUT2D eigenvalue weighted by Gasteiger charge is -2.31. The number of carbonyl (C=O) groups excluding carboxylic acids is 2. The number of rotatable bonds is 8. The van der Waals surface area contributed by atoms with Crippen molar-refractivity contribution >= 4 is 40.4 Å². The molecule has 2 aliphatic heterocycles. The molecule has 4 atom stereocenters. The number of aryl methyl sites for hydroxylation is 1. The number of benzene rings is 3. The Balaban J connectivity index is 1.42. The summed E-state index contributed by atoms with van der Waals surface area (Å²) in [4.78, 5) is 55.8. The molecule has 0 spiro atoms. The predicted molar refractivity (Wildman–Crippen MR) is 154 cm³/mol. The second kappa shape index (κ2) is 10.7. The van der Waals surface area contributed by atoms with Gasteiger partial charge in [-0.1, -0.05) is 60.1 Å². The lowest BCUT2D eigenvalue weighted by atomic mass is 9.76. The van der Waals surface area contributed by atoms with Crippen molar-refractivity contribution in [2.45, 2.75) is 24.9 Å². The van der Waals surface area contributed by atoms with Crippen LogP contribution in [0.25, 0.3) is 11.0 Å². The van der Waals surface area contributed by atoms with E-state index in [9.17, 15) is 24.3 Å². The first-order chi connectivity index (χ1) is 20.2. The molecule has 0 bridgehead atoms. The number of amides is 2. The smallest absolute Gasteiger partial charge is 0.325 e. The van der Waals surface area contributed by atoms with Gasteiger partial charge >= 0.3 is 5.97 Å². The number of nitrogens with one attached hydrogen (secondary N) is 1. The monoisotopic (exact) mass is 586 g/mol. The fraction of sp³-hybridized carbons (Fsp3) is 0.250. The fourth-order valence-electron chi connectivity index (χ4n) is 6.15. The average molecular weight is 587 g/mol. The highest BCUT2D eigenvalue weighted by Crippen LogP contribution is 2.49. The van der Waals surface area contributed by atoms with Gasteiger partial charge in [0.15, 0.2) is 5.43 Å². The molecule has 4 aromatic rings. The van der Waals surface area contributed by atoms with Crippen LogP contribution in [0.3, 0.4) is 0 Å². The second-order valence-corrected chi connectivity index (χ2v) is 11.1. The normalized spacial score (nSPS) is 23.4. The molecule has 3 aromatic carbocycles. The molecule has 0 saturated carbocycles. The van der Waals surface area contributed by atoms with Crippen LogP contribution >= 0.6 is 11.6 Å². The van der Waals surface area contributed by atoms with Crippen molar-refractivity contribution in [3.63, 3.8) is 0 Å². The number of carboxylic acids is 1. The quantitative estimate of drug-likeness (QED) is 0.295. The Kier molecular flexibility index (Phi) is 7.08. The Bertz CT molecular complexity index is 1760. The van der Waals surface area contributed by atoms with Gasteiger partial charge < -0.3 is 14.3 Å². The van der Waals surface area contributed by atoms with E-state index in [0.29, 0.717) is 21.9 Å². The Morgan fingerprint density at radius 1 is 1.05 bits per heavy atom. The maximum absolute atomic E-state index is 13.9. The van der Waals surface area contributed by atoms with E-state index in [-0.39, 0.29) is 30.5 Å². The molecular formula is C32H27ClN2O7. The van der Waals surface area contributed by atoms with Crippen LogP contribution in [-0.2, 0) is 20.8 Å². The first-order valence-corrected chi connectivity index (χ1v) is 13.9. The van der Waals surface area contributed by atoms with Gasteiger partial charge in [-0.3, -0.25) is 29.4 Å². The Labute approximate surface area is 245 Å². The molecule has 4 unspecified atom stereocenters. The first kappa shape index (κ1) is 27.7. The molecule has 0 radical (unpaired) electrons. The lowest BCUT2D eigenvalue weighted by molar-refractivity contribution is -0.151. The Morgan fingerprint density at radius 3 is 2.43 bits per heavy atom. The number of nitrogens with zero attached hydrogens (tertiary/aromatic N) is 1. The molecule has 214 valence electrons. The van der Waals surface area contributed by atoms with E-state index in [1.807, 2.05) is 6.07 Å². The van der Waals surface area contributed by atoms with Crippen LogP contribution in [0, 0.1) is 18.8 Å². The third-order valence-corrected chi connectivity index (χ3v) is 8.60. The van der Waals surface area contributed by atoms with Gasteiger partial charge in [0.05, 0.1) is 41.6 Å². The van der Waals surface area contributed by atoms with Crippen molar-refractivity contribution in [1.82, 2.24) is 10.2 Å². The predicted octanol–water partition coefficient (Wildman–Crippen LogP) is 4.15. The molecule has 2 saturated heterocycles. The number of halogens is 1. The summed E-state index contributed by atoms with van der Waals surface area (Å²) in [5.74, 6) is -4.36. The lowest BCUT2D eigenvalue weighted by Crippen LogP contribution is -2.57. The van der Waals surface area contributed by atoms with Crippen LogP contribution in [0.15, 0.2) is 88.3 Å². The highest BCUT2D eigenvalue weighted by molar-refractivity contribution is 6.32. The zero-order valence-corrected chi connectivity index (χ0v) is 23.3. The number of aliphatic carboxylic acids is 1. The van der Waals surface area contributed by atoms with E-state index in [1.165, 1.54) is 12.3 Å². The van der Waals surface area contributed by atoms with Gasteiger partial charge in [0, 0.05) is 11.4 Å². The summed E-state index contributed by atoms with van der Waals surface area (Å²) in [6, 6.07) is 19.9. The number of para-hydroxylation sites is 1. The molecule has 2 aliphatic rings. The van der Waals surface area contributed by atoms with Crippen LogP contribution < -0.4 is 15.5 Å². The van der Waals surface area contributed by atoms with Gasteiger partial charge in [-0.05, 0) is 42.3 Å². The summed E-state index contributed by atoms with van der Waals surface area (Å²) in [7, 11) is 0. The van der Waals surface area contributed by atoms with Crippen molar-refractivity contribution in [1.29, 1.82) is 0 Å². The molecule has 42 heavy (non-hydrogen) atoms. The van der Waals surface area contributed by atoms with Crippen molar-refractivity contribution in [3.05, 3.63) is 111 Å². The van der Waals surface area contributed by atoms with Crippen LogP contribution in [0.4, 0.5) is 0 Å². The maximum Gasteiger partial charge on any atom is 0.325 e. The molecule has 1 aromatic heterocycles. The van der Waals surface area contributed by atoms with Crippen LogP contribution in [0.2, 0.25) is 5.02 Å². The van der Waals surface area contributed by atoms with Gasteiger partial charge in [-0.15, -0.1) is 0 Å². The highest BCUT2D eigenvalue weighted by Gasteiger charge is 2.68. The van der Waals surface area contributed by atoms with Gasteiger partial charge in [0.25, 0.3) is 0 Å². The topological polar surface area (TPSA) is 126 Å². The number of imide groups is 1. The summed E-state index contributed by atoms with van der Waals surface area (Å²) >= 11 is 6.30. The molecule has 10 heteroatoms. The van der Waals surface area contributed by atoms with Gasteiger partial charge in [-0.25, -0.2) is 0 Å². The minimum atomic E-state index is -1.87. The number of fused-ring (bicyclic) bond motifs is 2. The molecule has 0 aliphatic carbocycles.